The van der Waals surface area contributed by atoms with Gasteiger partial charge in [0.05, 0.1) is 0 Å². The molecular formula is C16H24FN3O. The van der Waals surface area contributed by atoms with E-state index in [-0.39, 0.29) is 11.7 Å². The monoisotopic (exact) mass is 293 g/mol. The van der Waals surface area contributed by atoms with Crippen molar-refractivity contribution in [3.63, 3.8) is 0 Å². The average molecular weight is 293 g/mol. The molecule has 21 heavy (non-hydrogen) atoms. The first-order valence-corrected chi connectivity index (χ1v) is 7.52. The van der Waals surface area contributed by atoms with Gasteiger partial charge in [0, 0.05) is 32.1 Å². The van der Waals surface area contributed by atoms with E-state index in [1.165, 1.54) is 6.07 Å². The Bertz CT molecular complexity index is 484. The number of halogens is 1. The molecule has 1 aromatic carbocycles. The zero-order chi connectivity index (χ0) is 15.2. The van der Waals surface area contributed by atoms with Crippen LogP contribution in [-0.4, -0.2) is 30.4 Å². The van der Waals surface area contributed by atoms with Crippen LogP contribution in [0, 0.1) is 11.7 Å². The molecule has 1 aliphatic heterocycles. The summed E-state index contributed by atoms with van der Waals surface area (Å²) in [5.74, 6) is 0.399. The summed E-state index contributed by atoms with van der Waals surface area (Å²) in [6.07, 6.45) is 2.08. The van der Waals surface area contributed by atoms with Crippen LogP contribution in [0.5, 0.6) is 0 Å². The maximum atomic E-state index is 13.8. The zero-order valence-electron chi connectivity index (χ0n) is 12.6. The molecule has 2 rings (SSSR count). The Balaban J connectivity index is 1.84. The number of hydrogen-bond donors (Lipinski definition) is 2. The Morgan fingerprint density at radius 2 is 2.14 bits per heavy atom. The molecule has 1 heterocycles. The van der Waals surface area contributed by atoms with Crippen LogP contribution in [-0.2, 0) is 17.9 Å². The van der Waals surface area contributed by atoms with E-state index in [0.717, 1.165) is 43.6 Å². The molecule has 0 aliphatic carbocycles. The third-order valence-electron chi connectivity index (χ3n) is 4.09. The third kappa shape index (κ3) is 4.79. The van der Waals surface area contributed by atoms with Crippen LogP contribution in [0.4, 0.5) is 4.39 Å². The van der Waals surface area contributed by atoms with E-state index in [9.17, 15) is 9.18 Å². The van der Waals surface area contributed by atoms with Crippen molar-refractivity contribution in [2.45, 2.75) is 32.9 Å². The summed E-state index contributed by atoms with van der Waals surface area (Å²) in [6, 6.07) is 5.10. The normalized spacial score (nSPS) is 16.9. The molecule has 0 saturated carbocycles. The number of benzene rings is 1. The topological polar surface area (TPSA) is 58.4 Å². The number of amides is 1. The first-order valence-electron chi connectivity index (χ1n) is 7.52. The van der Waals surface area contributed by atoms with Gasteiger partial charge in [-0.05, 0) is 43.5 Å². The van der Waals surface area contributed by atoms with Crippen LogP contribution in [0.25, 0.3) is 0 Å². The summed E-state index contributed by atoms with van der Waals surface area (Å²) in [4.78, 5) is 13.2. The van der Waals surface area contributed by atoms with Crippen LogP contribution in [0.3, 0.4) is 0 Å². The van der Waals surface area contributed by atoms with Gasteiger partial charge in [-0.15, -0.1) is 0 Å². The predicted octanol–water partition coefficient (Wildman–Crippen LogP) is 1.63. The van der Waals surface area contributed by atoms with Crippen molar-refractivity contribution in [2.75, 3.05) is 19.6 Å². The molecule has 1 saturated heterocycles. The van der Waals surface area contributed by atoms with E-state index in [1.807, 2.05) is 6.07 Å². The molecule has 0 atom stereocenters. The average Bonchev–Trinajstić information content (AvgIpc) is 2.48. The van der Waals surface area contributed by atoms with E-state index in [1.54, 1.807) is 13.0 Å². The number of nitrogens with two attached hydrogens (primary N) is 1. The standard InChI is InChI=1S/C16H24FN3O/c1-12(21)19-10-13-4-6-20(7-5-13)11-15-8-14(9-18)2-3-16(15)17/h2-3,8,13H,4-7,9-11,18H2,1H3,(H,19,21). The number of carbonyl (C=O) groups is 1. The number of nitrogens with one attached hydrogen (secondary N) is 1. The minimum Gasteiger partial charge on any atom is -0.356 e. The van der Waals surface area contributed by atoms with Crippen molar-refractivity contribution in [1.29, 1.82) is 0 Å². The van der Waals surface area contributed by atoms with E-state index in [4.69, 9.17) is 5.73 Å². The Morgan fingerprint density at radius 1 is 1.43 bits per heavy atom. The molecule has 0 unspecified atom stereocenters. The summed E-state index contributed by atoms with van der Waals surface area (Å²) in [6.45, 7) is 5.24. The molecule has 1 aromatic rings. The van der Waals surface area contributed by atoms with Gasteiger partial charge in [0.15, 0.2) is 0 Å². The molecule has 5 heteroatoms. The molecule has 0 spiro atoms. The molecular weight excluding hydrogens is 269 g/mol. The fourth-order valence-corrected chi connectivity index (χ4v) is 2.75. The minimum absolute atomic E-state index is 0.0260. The maximum absolute atomic E-state index is 13.8. The molecule has 0 radical (unpaired) electrons. The third-order valence-corrected chi connectivity index (χ3v) is 4.09. The first kappa shape index (κ1) is 15.9. The van der Waals surface area contributed by atoms with Crippen molar-refractivity contribution >= 4 is 5.91 Å². The molecule has 1 amide bonds. The highest BCUT2D eigenvalue weighted by molar-refractivity contribution is 5.72. The fraction of sp³-hybridized carbons (Fsp3) is 0.562. The van der Waals surface area contributed by atoms with E-state index < -0.39 is 0 Å². The largest absolute Gasteiger partial charge is 0.356 e. The summed E-state index contributed by atoms with van der Waals surface area (Å²) in [5, 5.41) is 2.87. The lowest BCUT2D eigenvalue weighted by Gasteiger charge is -2.32. The van der Waals surface area contributed by atoms with E-state index in [2.05, 4.69) is 10.2 Å². The first-order chi connectivity index (χ1) is 10.1. The zero-order valence-corrected chi connectivity index (χ0v) is 12.6. The smallest absolute Gasteiger partial charge is 0.216 e. The molecule has 116 valence electrons. The number of carbonyl (C=O) groups excluding carboxylic acids is 1. The Hall–Kier alpha value is -1.46. The van der Waals surface area contributed by atoms with Gasteiger partial charge in [0.25, 0.3) is 0 Å². The van der Waals surface area contributed by atoms with Gasteiger partial charge >= 0.3 is 0 Å². The van der Waals surface area contributed by atoms with Crippen molar-refractivity contribution in [3.05, 3.63) is 35.1 Å². The lowest BCUT2D eigenvalue weighted by atomic mass is 9.96. The van der Waals surface area contributed by atoms with Crippen LogP contribution >= 0.6 is 0 Å². The Kier molecular flexibility index (Phi) is 5.70. The molecule has 3 N–H and O–H groups in total. The van der Waals surface area contributed by atoms with Crippen molar-refractivity contribution in [1.82, 2.24) is 10.2 Å². The molecule has 1 aliphatic rings. The van der Waals surface area contributed by atoms with Crippen LogP contribution in [0.2, 0.25) is 0 Å². The second-order valence-corrected chi connectivity index (χ2v) is 5.79. The highest BCUT2D eigenvalue weighted by atomic mass is 19.1. The number of rotatable bonds is 5. The molecule has 1 fully saturated rings. The molecule has 0 bridgehead atoms. The van der Waals surface area contributed by atoms with E-state index >= 15 is 0 Å². The number of likely N-dealkylation sites (tertiary alicyclic amines) is 1. The highest BCUT2D eigenvalue weighted by Gasteiger charge is 2.20. The van der Waals surface area contributed by atoms with Crippen LogP contribution in [0.1, 0.15) is 30.9 Å². The van der Waals surface area contributed by atoms with Gasteiger partial charge in [0.2, 0.25) is 5.91 Å². The maximum Gasteiger partial charge on any atom is 0.216 e. The second kappa shape index (κ2) is 7.52. The lowest BCUT2D eigenvalue weighted by Crippen LogP contribution is -2.38. The summed E-state index contributed by atoms with van der Waals surface area (Å²) < 4.78 is 13.8. The predicted molar refractivity (Wildman–Crippen MR) is 81.0 cm³/mol. The summed E-state index contributed by atoms with van der Waals surface area (Å²) in [5.41, 5.74) is 7.29. The van der Waals surface area contributed by atoms with Crippen LogP contribution < -0.4 is 11.1 Å². The second-order valence-electron chi connectivity index (χ2n) is 5.79. The SMILES string of the molecule is CC(=O)NCC1CCN(Cc2cc(CN)ccc2F)CC1. The van der Waals surface area contributed by atoms with Crippen molar-refractivity contribution in [3.8, 4) is 0 Å². The summed E-state index contributed by atoms with van der Waals surface area (Å²) in [7, 11) is 0. The molecule has 0 aromatic heterocycles. The van der Waals surface area contributed by atoms with Crippen molar-refractivity contribution < 1.29 is 9.18 Å². The van der Waals surface area contributed by atoms with Crippen LogP contribution in [0.15, 0.2) is 18.2 Å². The van der Waals surface area contributed by atoms with Gasteiger partial charge in [-0.1, -0.05) is 12.1 Å². The highest BCUT2D eigenvalue weighted by Crippen LogP contribution is 2.20. The quantitative estimate of drug-likeness (QED) is 0.867. The molecule has 4 nitrogen and oxygen atoms in total. The van der Waals surface area contributed by atoms with E-state index in [0.29, 0.717) is 19.0 Å². The number of nitrogens with zero attached hydrogens (tertiary/aromatic N) is 1. The fourth-order valence-electron chi connectivity index (χ4n) is 2.75. The van der Waals surface area contributed by atoms with Crippen molar-refractivity contribution in [2.24, 2.45) is 11.7 Å². The van der Waals surface area contributed by atoms with Gasteiger partial charge in [-0.3, -0.25) is 9.69 Å². The minimum atomic E-state index is -0.160. The van der Waals surface area contributed by atoms with Gasteiger partial charge < -0.3 is 11.1 Å². The lowest BCUT2D eigenvalue weighted by molar-refractivity contribution is -0.119. The Labute approximate surface area is 125 Å². The van der Waals surface area contributed by atoms with Gasteiger partial charge in [-0.25, -0.2) is 4.39 Å². The van der Waals surface area contributed by atoms with Gasteiger partial charge in [-0.2, -0.15) is 0 Å². The summed E-state index contributed by atoms with van der Waals surface area (Å²) >= 11 is 0. The number of piperidine rings is 1. The Morgan fingerprint density at radius 3 is 2.76 bits per heavy atom. The van der Waals surface area contributed by atoms with Gasteiger partial charge in [0.1, 0.15) is 5.82 Å². The number of hydrogen-bond acceptors (Lipinski definition) is 3.